The van der Waals surface area contributed by atoms with E-state index in [2.05, 4.69) is 20.8 Å². The van der Waals surface area contributed by atoms with E-state index in [1.165, 1.54) is 12.7 Å². The Labute approximate surface area is 143 Å². The predicted octanol–water partition coefficient (Wildman–Crippen LogP) is 3.99. The Morgan fingerprint density at radius 1 is 1.39 bits per heavy atom. The second-order valence-electron chi connectivity index (χ2n) is 8.40. The summed E-state index contributed by atoms with van der Waals surface area (Å²) in [5.74, 6) is -0.422. The van der Waals surface area contributed by atoms with Crippen LogP contribution < -0.4 is 0 Å². The Hall–Kier alpha value is -0.363. The molecular weight excluding hydrogens is 308 g/mol. The highest BCUT2D eigenvalue weighted by atomic mass is 28.2. The standard InChI is InChI=1S/C18H34O4Si/c1-14(13-19)7-8-15-11-16(22-23-17(2,3)4)12-18(21-15)9-5-6-10-20-18/h13,15-16,19H,5-12,23H2,1-4H3/b14-13+. The molecule has 0 amide bonds. The van der Waals surface area contributed by atoms with E-state index in [1.807, 2.05) is 6.92 Å². The Kier molecular flexibility index (Phi) is 6.72. The summed E-state index contributed by atoms with van der Waals surface area (Å²) in [5, 5.41) is 9.40. The molecule has 0 bridgehead atoms. The fraction of sp³-hybridized carbons (Fsp3) is 0.889. The lowest BCUT2D eigenvalue weighted by atomic mass is 9.91. The van der Waals surface area contributed by atoms with E-state index in [0.29, 0.717) is 5.04 Å². The van der Waals surface area contributed by atoms with Gasteiger partial charge in [-0.1, -0.05) is 20.8 Å². The van der Waals surface area contributed by atoms with Gasteiger partial charge in [-0.2, -0.15) is 0 Å². The molecule has 1 spiro atoms. The van der Waals surface area contributed by atoms with Gasteiger partial charge in [-0.3, -0.25) is 0 Å². The first-order valence-corrected chi connectivity index (χ1v) is 10.3. The molecule has 5 heteroatoms. The van der Waals surface area contributed by atoms with Crippen LogP contribution in [0, 0.1) is 0 Å². The Morgan fingerprint density at radius 3 is 2.78 bits per heavy atom. The van der Waals surface area contributed by atoms with Gasteiger partial charge >= 0.3 is 0 Å². The maximum atomic E-state index is 9.09. The van der Waals surface area contributed by atoms with Gasteiger partial charge in [0, 0.05) is 12.8 Å². The van der Waals surface area contributed by atoms with E-state index in [4.69, 9.17) is 19.0 Å². The van der Waals surface area contributed by atoms with Gasteiger partial charge in [0.1, 0.15) is 0 Å². The molecule has 2 rings (SSSR count). The molecule has 2 saturated heterocycles. The van der Waals surface area contributed by atoms with Gasteiger partial charge in [0.2, 0.25) is 0 Å². The van der Waals surface area contributed by atoms with E-state index < -0.39 is 15.6 Å². The average molecular weight is 343 g/mol. The topological polar surface area (TPSA) is 47.9 Å². The van der Waals surface area contributed by atoms with E-state index >= 15 is 0 Å². The molecule has 0 radical (unpaired) electrons. The molecule has 3 atom stereocenters. The Morgan fingerprint density at radius 2 is 2.17 bits per heavy atom. The summed E-state index contributed by atoms with van der Waals surface area (Å²) in [7, 11) is -0.567. The van der Waals surface area contributed by atoms with Crippen LogP contribution >= 0.6 is 0 Å². The first kappa shape index (κ1) is 19.0. The molecule has 4 nitrogen and oxygen atoms in total. The summed E-state index contributed by atoms with van der Waals surface area (Å²) in [6.07, 6.45) is 8.52. The minimum Gasteiger partial charge on any atom is -0.516 e. The summed E-state index contributed by atoms with van der Waals surface area (Å²) in [5.41, 5.74) is 0.999. The Balaban J connectivity index is 1.98. The highest BCUT2D eigenvalue weighted by Crippen LogP contribution is 2.40. The van der Waals surface area contributed by atoms with Crippen molar-refractivity contribution in [3.05, 3.63) is 11.8 Å². The van der Waals surface area contributed by atoms with E-state index in [-0.39, 0.29) is 12.2 Å². The molecule has 0 aromatic carbocycles. The first-order chi connectivity index (χ1) is 10.8. The second kappa shape index (κ2) is 8.14. The van der Waals surface area contributed by atoms with Crippen LogP contribution in [-0.4, -0.2) is 39.5 Å². The average Bonchev–Trinajstić information content (AvgIpc) is 2.50. The van der Waals surface area contributed by atoms with Gasteiger partial charge in [0.25, 0.3) is 0 Å². The summed E-state index contributed by atoms with van der Waals surface area (Å²) in [6.45, 7) is 9.54. The van der Waals surface area contributed by atoms with Crippen LogP contribution in [0.3, 0.4) is 0 Å². The molecule has 3 unspecified atom stereocenters. The largest absolute Gasteiger partial charge is 0.516 e. The van der Waals surface area contributed by atoms with Crippen LogP contribution in [0.2, 0.25) is 5.04 Å². The van der Waals surface area contributed by atoms with E-state index in [9.17, 15) is 0 Å². The van der Waals surface area contributed by atoms with Gasteiger partial charge in [0.05, 0.1) is 25.1 Å². The van der Waals surface area contributed by atoms with Crippen LogP contribution in [-0.2, 0) is 13.9 Å². The molecule has 2 aliphatic rings. The number of aliphatic hydroxyl groups is 1. The molecule has 23 heavy (non-hydrogen) atoms. The second-order valence-corrected chi connectivity index (χ2v) is 11.1. The van der Waals surface area contributed by atoms with Crippen molar-refractivity contribution in [3.8, 4) is 0 Å². The Bertz CT molecular complexity index is 396. The smallest absolute Gasteiger partial charge is 0.171 e. The first-order valence-electron chi connectivity index (χ1n) is 9.05. The van der Waals surface area contributed by atoms with Crippen LogP contribution in [0.25, 0.3) is 0 Å². The van der Waals surface area contributed by atoms with Crippen LogP contribution in [0.4, 0.5) is 0 Å². The fourth-order valence-electron chi connectivity index (χ4n) is 3.33. The number of aliphatic hydroxyl groups excluding tert-OH is 1. The molecule has 2 fully saturated rings. The quantitative estimate of drug-likeness (QED) is 0.606. The number of ether oxygens (including phenoxy) is 2. The third-order valence-electron chi connectivity index (χ3n) is 4.60. The fourth-order valence-corrected chi connectivity index (χ4v) is 4.32. The lowest BCUT2D eigenvalue weighted by Gasteiger charge is -2.46. The molecule has 0 aromatic heterocycles. The van der Waals surface area contributed by atoms with Gasteiger partial charge in [-0.15, -0.1) is 0 Å². The van der Waals surface area contributed by atoms with Crippen LogP contribution in [0.5, 0.6) is 0 Å². The highest BCUT2D eigenvalue weighted by Gasteiger charge is 2.44. The zero-order valence-corrected chi connectivity index (χ0v) is 16.7. The summed E-state index contributed by atoms with van der Waals surface area (Å²) < 4.78 is 18.8. The summed E-state index contributed by atoms with van der Waals surface area (Å²) >= 11 is 0. The van der Waals surface area contributed by atoms with Crippen molar-refractivity contribution < 1.29 is 19.0 Å². The van der Waals surface area contributed by atoms with E-state index in [0.717, 1.165) is 50.7 Å². The van der Waals surface area contributed by atoms with Gasteiger partial charge in [0.15, 0.2) is 15.6 Å². The molecule has 0 aromatic rings. The summed E-state index contributed by atoms with van der Waals surface area (Å²) in [4.78, 5) is 0. The molecule has 2 heterocycles. The maximum Gasteiger partial charge on any atom is 0.171 e. The SMILES string of the molecule is C/C(=C\O)CCC1CC(O[SiH2]C(C)(C)C)CC2(CCCCO2)O1. The van der Waals surface area contributed by atoms with Crippen molar-refractivity contribution in [2.45, 2.75) is 95.7 Å². The normalized spacial score (nSPS) is 33.7. The zero-order valence-electron chi connectivity index (χ0n) is 15.3. The van der Waals surface area contributed by atoms with Crippen molar-refractivity contribution in [1.82, 2.24) is 0 Å². The van der Waals surface area contributed by atoms with Gasteiger partial charge in [-0.05, 0) is 49.6 Å². The van der Waals surface area contributed by atoms with Crippen LogP contribution in [0.1, 0.15) is 72.6 Å². The minimum absolute atomic E-state index is 0.163. The maximum absolute atomic E-state index is 9.09. The monoisotopic (exact) mass is 342 g/mol. The highest BCUT2D eigenvalue weighted by molar-refractivity contribution is 6.31. The lowest BCUT2D eigenvalue weighted by molar-refractivity contribution is -0.308. The third-order valence-corrected chi connectivity index (χ3v) is 6.10. The lowest BCUT2D eigenvalue weighted by Crippen LogP contribution is -2.50. The minimum atomic E-state index is -0.567. The molecule has 2 aliphatic heterocycles. The molecule has 134 valence electrons. The van der Waals surface area contributed by atoms with Gasteiger partial charge < -0.3 is 19.0 Å². The van der Waals surface area contributed by atoms with Crippen molar-refractivity contribution in [1.29, 1.82) is 0 Å². The number of hydrogen-bond donors (Lipinski definition) is 1. The predicted molar refractivity (Wildman–Crippen MR) is 95.4 cm³/mol. The zero-order chi connectivity index (χ0) is 16.9. The molecular formula is C18H34O4Si. The third kappa shape index (κ3) is 6.22. The van der Waals surface area contributed by atoms with E-state index in [1.54, 1.807) is 0 Å². The van der Waals surface area contributed by atoms with Crippen molar-refractivity contribution in [3.63, 3.8) is 0 Å². The van der Waals surface area contributed by atoms with Crippen molar-refractivity contribution >= 4 is 9.76 Å². The van der Waals surface area contributed by atoms with Crippen molar-refractivity contribution in [2.24, 2.45) is 0 Å². The molecule has 1 N–H and O–H groups in total. The molecule has 0 aliphatic carbocycles. The van der Waals surface area contributed by atoms with Gasteiger partial charge in [-0.25, -0.2) is 0 Å². The van der Waals surface area contributed by atoms with Crippen molar-refractivity contribution in [2.75, 3.05) is 6.61 Å². The van der Waals surface area contributed by atoms with Crippen LogP contribution in [0.15, 0.2) is 11.8 Å². The number of rotatable bonds is 5. The summed E-state index contributed by atoms with van der Waals surface area (Å²) in [6, 6.07) is 0. The number of hydrogen-bond acceptors (Lipinski definition) is 4. The number of allylic oxidation sites excluding steroid dienone is 1. The molecule has 0 saturated carbocycles.